The largest absolute Gasteiger partial charge is 0.459 e. The zero-order valence-corrected chi connectivity index (χ0v) is 14.0. The number of rotatable bonds is 4. The Hall–Kier alpha value is -1.84. The summed E-state index contributed by atoms with van der Waals surface area (Å²) in [6.45, 7) is 1.95. The van der Waals surface area contributed by atoms with Gasteiger partial charge in [-0.3, -0.25) is 4.79 Å². The van der Waals surface area contributed by atoms with E-state index < -0.39 is 70.1 Å². The molecule has 26 heavy (non-hydrogen) atoms. The standard InChI is InChI=1S/C15H11ClF7NO2/c1-14(2)5(3-7(16)15(21,22)23)8(14)13(25)26-4-6-9(17)10(18)11(19)12(20)24-6/h3,5,8H,4H2,1-2H3. The Morgan fingerprint density at radius 2 is 1.77 bits per heavy atom. The molecule has 1 saturated carbocycles. The molecule has 1 aromatic heterocycles. The number of halogens is 8. The average Bonchev–Trinajstić information content (AvgIpc) is 3.07. The van der Waals surface area contributed by atoms with E-state index in [0.29, 0.717) is 6.08 Å². The summed E-state index contributed by atoms with van der Waals surface area (Å²) in [7, 11) is 0. The van der Waals surface area contributed by atoms with Gasteiger partial charge in [0, 0.05) is 0 Å². The highest BCUT2D eigenvalue weighted by Crippen LogP contribution is 2.60. The number of esters is 1. The SMILES string of the molecule is CC1(C)C(C=C(Cl)C(F)(F)F)C1C(=O)OCc1nc(F)c(F)c(F)c1F. The fraction of sp³-hybridized carbons (Fsp3) is 0.467. The molecular weight excluding hydrogens is 395 g/mol. The topological polar surface area (TPSA) is 39.2 Å². The van der Waals surface area contributed by atoms with E-state index in [-0.39, 0.29) is 0 Å². The quantitative estimate of drug-likeness (QED) is 0.416. The van der Waals surface area contributed by atoms with Crippen molar-refractivity contribution in [1.29, 1.82) is 0 Å². The number of hydrogen-bond acceptors (Lipinski definition) is 3. The van der Waals surface area contributed by atoms with Crippen LogP contribution in [0.4, 0.5) is 30.7 Å². The number of nitrogens with zero attached hydrogens (tertiary/aromatic N) is 1. The number of alkyl halides is 3. The summed E-state index contributed by atoms with van der Waals surface area (Å²) in [5.74, 6) is -10.9. The van der Waals surface area contributed by atoms with Gasteiger partial charge < -0.3 is 4.74 Å². The smallest absolute Gasteiger partial charge is 0.426 e. The molecule has 1 aromatic rings. The van der Waals surface area contributed by atoms with Crippen molar-refractivity contribution in [3.63, 3.8) is 0 Å². The van der Waals surface area contributed by atoms with Gasteiger partial charge in [-0.1, -0.05) is 31.5 Å². The average molecular weight is 406 g/mol. The zero-order valence-electron chi connectivity index (χ0n) is 13.2. The Balaban J connectivity index is 2.10. The molecule has 0 aliphatic heterocycles. The highest BCUT2D eigenvalue weighted by molar-refractivity contribution is 6.30. The molecule has 1 aliphatic carbocycles. The lowest BCUT2D eigenvalue weighted by Gasteiger charge is -2.07. The van der Waals surface area contributed by atoms with Crippen molar-refractivity contribution < 1.29 is 40.3 Å². The number of carbonyl (C=O) groups excluding carboxylic acids is 1. The molecule has 0 radical (unpaired) electrons. The van der Waals surface area contributed by atoms with Gasteiger partial charge in [-0.2, -0.15) is 22.0 Å². The molecule has 1 fully saturated rings. The molecule has 0 aromatic carbocycles. The van der Waals surface area contributed by atoms with E-state index in [4.69, 9.17) is 11.6 Å². The summed E-state index contributed by atoms with van der Waals surface area (Å²) < 4.78 is 94.4. The molecule has 0 saturated heterocycles. The molecular formula is C15H11ClF7NO2. The number of pyridine rings is 1. The first-order valence-electron chi connectivity index (χ1n) is 7.08. The summed E-state index contributed by atoms with van der Waals surface area (Å²) in [6.07, 6.45) is -4.10. The van der Waals surface area contributed by atoms with Crippen LogP contribution < -0.4 is 0 Å². The maximum atomic E-state index is 13.5. The third-order valence-electron chi connectivity index (χ3n) is 4.17. The van der Waals surface area contributed by atoms with E-state index in [2.05, 4.69) is 9.72 Å². The summed E-state index contributed by atoms with van der Waals surface area (Å²) in [4.78, 5) is 14.8. The maximum Gasteiger partial charge on any atom is 0.426 e. The van der Waals surface area contributed by atoms with E-state index in [9.17, 15) is 35.5 Å². The predicted molar refractivity (Wildman–Crippen MR) is 74.6 cm³/mol. The Labute approximate surface area is 147 Å². The highest BCUT2D eigenvalue weighted by Gasteiger charge is 2.62. The van der Waals surface area contributed by atoms with Crippen molar-refractivity contribution >= 4 is 17.6 Å². The Morgan fingerprint density at radius 1 is 1.19 bits per heavy atom. The summed E-state index contributed by atoms with van der Waals surface area (Å²) in [5, 5.41) is -1.40. The minimum Gasteiger partial charge on any atom is -0.459 e. The predicted octanol–water partition coefficient (Wildman–Crippen LogP) is 4.64. The summed E-state index contributed by atoms with van der Waals surface area (Å²) in [5.41, 5.74) is -1.91. The van der Waals surface area contributed by atoms with Crippen molar-refractivity contribution in [2.24, 2.45) is 17.3 Å². The van der Waals surface area contributed by atoms with Crippen LogP contribution >= 0.6 is 11.6 Å². The van der Waals surface area contributed by atoms with E-state index >= 15 is 0 Å². The van der Waals surface area contributed by atoms with Crippen molar-refractivity contribution in [2.75, 3.05) is 0 Å². The third kappa shape index (κ3) is 3.79. The minimum atomic E-state index is -4.77. The first kappa shape index (κ1) is 20.5. The van der Waals surface area contributed by atoms with Crippen LogP contribution in [0.1, 0.15) is 19.5 Å². The van der Waals surface area contributed by atoms with Crippen molar-refractivity contribution in [3.05, 3.63) is 40.2 Å². The Bertz CT molecular complexity index is 776. The lowest BCUT2D eigenvalue weighted by atomic mass is 10.1. The van der Waals surface area contributed by atoms with Gasteiger partial charge in [0.25, 0.3) is 5.95 Å². The molecule has 2 atom stereocenters. The molecule has 2 rings (SSSR count). The van der Waals surface area contributed by atoms with Gasteiger partial charge in [0.05, 0.1) is 5.92 Å². The molecule has 0 amide bonds. The fourth-order valence-corrected chi connectivity index (χ4v) is 2.68. The van der Waals surface area contributed by atoms with Crippen LogP contribution in [0.25, 0.3) is 0 Å². The van der Waals surface area contributed by atoms with Gasteiger partial charge in [-0.05, 0) is 11.3 Å². The van der Waals surface area contributed by atoms with E-state index in [1.165, 1.54) is 13.8 Å². The first-order valence-corrected chi connectivity index (χ1v) is 7.46. The second-order valence-corrected chi connectivity index (χ2v) is 6.64. The van der Waals surface area contributed by atoms with Crippen molar-refractivity contribution in [1.82, 2.24) is 4.98 Å². The van der Waals surface area contributed by atoms with Crippen molar-refractivity contribution in [2.45, 2.75) is 26.6 Å². The lowest BCUT2D eigenvalue weighted by Crippen LogP contribution is -2.14. The summed E-state index contributed by atoms with van der Waals surface area (Å²) >= 11 is 5.14. The van der Waals surface area contributed by atoms with E-state index in [1.807, 2.05) is 0 Å². The molecule has 2 unspecified atom stereocenters. The lowest BCUT2D eigenvalue weighted by molar-refractivity contribution is -0.147. The number of ether oxygens (including phenoxy) is 1. The fourth-order valence-electron chi connectivity index (χ4n) is 2.55. The van der Waals surface area contributed by atoms with Crippen LogP contribution in [-0.2, 0) is 16.1 Å². The van der Waals surface area contributed by atoms with Gasteiger partial charge in [-0.15, -0.1) is 0 Å². The highest BCUT2D eigenvalue weighted by atomic mass is 35.5. The molecule has 11 heteroatoms. The number of allylic oxidation sites excluding steroid dienone is 2. The normalized spacial score (nSPS) is 22.3. The zero-order chi connectivity index (χ0) is 20.0. The molecule has 0 bridgehead atoms. The second-order valence-electron chi connectivity index (χ2n) is 6.24. The molecule has 0 spiro atoms. The Morgan fingerprint density at radius 3 is 2.31 bits per heavy atom. The number of carbonyl (C=O) groups is 1. The molecule has 3 nitrogen and oxygen atoms in total. The first-order chi connectivity index (χ1) is 11.8. The monoisotopic (exact) mass is 405 g/mol. The van der Waals surface area contributed by atoms with Gasteiger partial charge in [-0.25, -0.2) is 13.8 Å². The number of aromatic nitrogens is 1. The van der Waals surface area contributed by atoms with Crippen molar-refractivity contribution in [3.8, 4) is 0 Å². The number of hydrogen-bond donors (Lipinski definition) is 0. The minimum absolute atomic E-state index is 0.670. The van der Waals surface area contributed by atoms with Crippen LogP contribution in [0.15, 0.2) is 11.1 Å². The molecule has 1 aliphatic rings. The van der Waals surface area contributed by atoms with Crippen LogP contribution in [0.5, 0.6) is 0 Å². The van der Waals surface area contributed by atoms with Crippen LogP contribution in [-0.4, -0.2) is 17.1 Å². The van der Waals surface area contributed by atoms with E-state index in [1.54, 1.807) is 0 Å². The van der Waals surface area contributed by atoms with Gasteiger partial charge in [0.2, 0.25) is 11.6 Å². The second kappa shape index (κ2) is 6.71. The van der Waals surface area contributed by atoms with Gasteiger partial charge in [0.1, 0.15) is 17.3 Å². The molecule has 0 N–H and O–H groups in total. The molecule has 1 heterocycles. The van der Waals surface area contributed by atoms with Crippen LogP contribution in [0.3, 0.4) is 0 Å². The van der Waals surface area contributed by atoms with Crippen LogP contribution in [0.2, 0.25) is 0 Å². The van der Waals surface area contributed by atoms with Gasteiger partial charge >= 0.3 is 12.1 Å². The van der Waals surface area contributed by atoms with Crippen LogP contribution in [0, 0.1) is 40.7 Å². The Kier molecular flexibility index (Phi) is 5.29. The third-order valence-corrected chi connectivity index (χ3v) is 4.51. The maximum absolute atomic E-state index is 13.5. The summed E-state index contributed by atoms with van der Waals surface area (Å²) in [6, 6.07) is 0. The van der Waals surface area contributed by atoms with Gasteiger partial charge in [0.15, 0.2) is 5.82 Å². The molecule has 144 valence electrons. The van der Waals surface area contributed by atoms with E-state index in [0.717, 1.165) is 0 Å².